The van der Waals surface area contributed by atoms with E-state index in [1.54, 1.807) is 41.1 Å². The van der Waals surface area contributed by atoms with E-state index < -0.39 is 24.6 Å². The van der Waals surface area contributed by atoms with Gasteiger partial charge in [0.1, 0.15) is 11.6 Å². The molecule has 3 rings (SSSR count). The van der Waals surface area contributed by atoms with Gasteiger partial charge in [-0.15, -0.1) is 0 Å². The van der Waals surface area contributed by atoms with Gasteiger partial charge >= 0.3 is 0 Å². The van der Waals surface area contributed by atoms with Gasteiger partial charge in [0, 0.05) is 52.1 Å². The van der Waals surface area contributed by atoms with Crippen LogP contribution < -0.4 is 5.11 Å². The molecular weight excluding hydrogens is 482 g/mol. The topological polar surface area (TPSA) is 98.4 Å². The third-order valence-corrected chi connectivity index (χ3v) is 5.52. The van der Waals surface area contributed by atoms with Gasteiger partial charge in [0.05, 0.1) is 23.6 Å². The Kier molecular flexibility index (Phi) is 8.49. The third kappa shape index (κ3) is 6.45. The van der Waals surface area contributed by atoms with Gasteiger partial charge in [0.15, 0.2) is 0 Å². The van der Waals surface area contributed by atoms with Crippen LogP contribution in [-0.4, -0.2) is 37.9 Å². The fraction of sp³-hybridized carbons (Fsp3) is 0.280. The zero-order chi connectivity index (χ0) is 25.0. The normalized spacial score (nSPS) is 13.5. The molecule has 0 spiro atoms. The molecule has 0 aliphatic carbocycles. The number of carboxylic acid groups (broad SMARTS) is 1. The number of aromatic nitrogens is 2. The quantitative estimate of drug-likeness (QED) is 0.445. The average molecular weight is 506 g/mol. The van der Waals surface area contributed by atoms with Crippen molar-refractivity contribution >= 4 is 35.4 Å². The number of benzene rings is 2. The summed E-state index contributed by atoms with van der Waals surface area (Å²) in [6.07, 6.45) is -0.0839. The average Bonchev–Trinajstić information content (AvgIpc) is 3.11. The van der Waals surface area contributed by atoms with E-state index in [4.69, 9.17) is 28.2 Å². The lowest BCUT2D eigenvalue weighted by Crippen LogP contribution is -2.29. The van der Waals surface area contributed by atoms with Crippen molar-refractivity contribution in [1.29, 1.82) is 0 Å². The Labute approximate surface area is 206 Å². The van der Waals surface area contributed by atoms with Crippen molar-refractivity contribution in [2.45, 2.75) is 44.8 Å². The number of rotatable bonds is 9. The second-order valence-electron chi connectivity index (χ2n) is 8.23. The van der Waals surface area contributed by atoms with E-state index in [0.29, 0.717) is 38.4 Å². The first-order valence-electron chi connectivity index (χ1n) is 10.6. The maximum absolute atomic E-state index is 13.6. The summed E-state index contributed by atoms with van der Waals surface area (Å²) in [5, 5.41) is 31.7. The second kappa shape index (κ2) is 11.1. The molecule has 0 fully saturated rings. The lowest BCUT2D eigenvalue weighted by molar-refractivity contribution is -0.307. The van der Waals surface area contributed by atoms with Crippen LogP contribution in [-0.2, 0) is 4.79 Å². The van der Waals surface area contributed by atoms with Gasteiger partial charge in [0.25, 0.3) is 0 Å². The first-order chi connectivity index (χ1) is 16.0. The molecule has 0 unspecified atom stereocenters. The van der Waals surface area contributed by atoms with Gasteiger partial charge in [-0.25, -0.2) is 9.37 Å². The van der Waals surface area contributed by atoms with E-state index in [2.05, 4.69) is 0 Å². The van der Waals surface area contributed by atoms with Crippen LogP contribution in [0, 0.1) is 5.82 Å². The third-order valence-electron chi connectivity index (χ3n) is 5.08. The van der Waals surface area contributed by atoms with Crippen molar-refractivity contribution in [3.05, 3.63) is 70.2 Å². The van der Waals surface area contributed by atoms with Crippen molar-refractivity contribution in [2.24, 2.45) is 0 Å². The predicted octanol–water partition coefficient (Wildman–Crippen LogP) is 4.51. The zero-order valence-corrected chi connectivity index (χ0v) is 20.1. The monoisotopic (exact) mass is 505 g/mol. The molecule has 0 saturated carbocycles. The molecule has 0 aliphatic heterocycles. The molecule has 1 aromatic heterocycles. The van der Waals surface area contributed by atoms with E-state index in [-0.39, 0.29) is 18.2 Å². The molecule has 34 heavy (non-hydrogen) atoms. The maximum Gasteiger partial charge on any atom is 0.123 e. The van der Waals surface area contributed by atoms with E-state index in [1.165, 1.54) is 18.2 Å². The largest absolute Gasteiger partial charge is 0.550 e. The molecule has 9 heteroatoms. The summed E-state index contributed by atoms with van der Waals surface area (Å²) in [4.78, 5) is 15.5. The van der Waals surface area contributed by atoms with E-state index >= 15 is 0 Å². The molecule has 0 amide bonds. The highest BCUT2D eigenvalue weighted by Crippen LogP contribution is 2.37. The highest BCUT2D eigenvalue weighted by Gasteiger charge is 2.22. The Morgan fingerprint density at radius 1 is 1.12 bits per heavy atom. The van der Waals surface area contributed by atoms with E-state index in [9.17, 15) is 24.5 Å². The Balaban J connectivity index is 2.15. The molecule has 180 valence electrons. The lowest BCUT2D eigenvalue weighted by Gasteiger charge is -2.15. The standard InChI is InChI=1S/C25H25Cl2FN2O4/c1-14(2)25-29-23(15-3-5-19(28)6-4-15)24(16-9-17(26)11-18(27)10-16)30(25)8-7-20(31)12-21(32)13-22(33)34/h3-11,14,20-21,31-32H,12-13H2,1-2H3,(H,33,34)/p-1/b8-7+/t20-,21-/m1/s1. The molecule has 3 aromatic rings. The number of aliphatic hydroxyl groups excluding tert-OH is 2. The number of carbonyl (C=O) groups is 1. The minimum Gasteiger partial charge on any atom is -0.550 e. The van der Waals surface area contributed by atoms with E-state index in [1.807, 2.05) is 13.8 Å². The Morgan fingerprint density at radius 2 is 1.74 bits per heavy atom. The number of hydrogen-bond donors (Lipinski definition) is 2. The smallest absolute Gasteiger partial charge is 0.123 e. The summed E-state index contributed by atoms with van der Waals surface area (Å²) in [7, 11) is 0. The van der Waals surface area contributed by atoms with Crippen molar-refractivity contribution in [2.75, 3.05) is 0 Å². The molecule has 2 aromatic carbocycles. The van der Waals surface area contributed by atoms with Crippen molar-refractivity contribution in [3.63, 3.8) is 0 Å². The van der Waals surface area contributed by atoms with Gasteiger partial charge < -0.3 is 24.7 Å². The summed E-state index contributed by atoms with van der Waals surface area (Å²) < 4.78 is 15.4. The van der Waals surface area contributed by atoms with Crippen molar-refractivity contribution in [3.8, 4) is 22.5 Å². The van der Waals surface area contributed by atoms with Crippen LogP contribution in [0.15, 0.2) is 48.5 Å². The van der Waals surface area contributed by atoms with Crippen LogP contribution in [0.2, 0.25) is 10.0 Å². The highest BCUT2D eigenvalue weighted by atomic mass is 35.5. The summed E-state index contributed by atoms with van der Waals surface area (Å²) in [6.45, 7) is 3.91. The fourth-order valence-corrected chi connectivity index (χ4v) is 4.13. The number of hydrogen-bond acceptors (Lipinski definition) is 5. The predicted molar refractivity (Wildman–Crippen MR) is 129 cm³/mol. The van der Waals surface area contributed by atoms with Gasteiger partial charge in [-0.3, -0.25) is 0 Å². The molecule has 0 bridgehead atoms. The number of aliphatic carboxylic acids is 1. The Bertz CT molecular complexity index is 1170. The summed E-state index contributed by atoms with van der Waals surface area (Å²) in [6, 6.07) is 11.0. The summed E-state index contributed by atoms with van der Waals surface area (Å²) >= 11 is 12.5. The molecule has 0 aliphatic rings. The maximum atomic E-state index is 13.6. The van der Waals surface area contributed by atoms with Gasteiger partial charge in [-0.05, 0) is 48.5 Å². The number of carbonyl (C=O) groups excluding carboxylic acids is 1. The molecule has 2 N–H and O–H groups in total. The number of nitrogens with zero attached hydrogens (tertiary/aromatic N) is 2. The zero-order valence-electron chi connectivity index (χ0n) is 18.6. The molecule has 1 heterocycles. The van der Waals surface area contributed by atoms with Crippen LogP contribution in [0.4, 0.5) is 4.39 Å². The van der Waals surface area contributed by atoms with Crippen molar-refractivity contribution < 1.29 is 24.5 Å². The minimum absolute atomic E-state index is 0.0342. The van der Waals surface area contributed by atoms with Gasteiger partial charge in [-0.2, -0.15) is 0 Å². The number of carboxylic acids is 1. The first-order valence-corrected chi connectivity index (χ1v) is 11.4. The van der Waals surface area contributed by atoms with E-state index in [0.717, 1.165) is 0 Å². The minimum atomic E-state index is -1.40. The van der Waals surface area contributed by atoms with Crippen LogP contribution in [0.5, 0.6) is 0 Å². The number of aliphatic hydroxyl groups is 2. The van der Waals surface area contributed by atoms with Gasteiger partial charge in [0.2, 0.25) is 0 Å². The Hall–Kier alpha value is -2.71. The summed E-state index contributed by atoms with van der Waals surface area (Å²) in [5.41, 5.74) is 2.52. The molecular formula is C25H24Cl2FN2O4-. The highest BCUT2D eigenvalue weighted by molar-refractivity contribution is 6.35. The van der Waals surface area contributed by atoms with Crippen LogP contribution in [0.25, 0.3) is 28.7 Å². The molecule has 0 saturated heterocycles. The fourth-order valence-electron chi connectivity index (χ4n) is 3.60. The summed E-state index contributed by atoms with van der Waals surface area (Å²) in [5.74, 6) is -1.15. The van der Waals surface area contributed by atoms with Gasteiger partial charge in [-0.1, -0.05) is 37.0 Å². The van der Waals surface area contributed by atoms with Crippen molar-refractivity contribution in [1.82, 2.24) is 9.55 Å². The Morgan fingerprint density at radius 3 is 2.29 bits per heavy atom. The first kappa shape index (κ1) is 25.9. The van der Waals surface area contributed by atoms with Crippen LogP contribution in [0.1, 0.15) is 38.4 Å². The second-order valence-corrected chi connectivity index (χ2v) is 9.10. The molecule has 6 nitrogen and oxygen atoms in total. The molecule has 2 atom stereocenters. The van der Waals surface area contributed by atoms with Crippen LogP contribution >= 0.6 is 23.2 Å². The number of halogens is 3. The SMILES string of the molecule is CC(C)c1nc(-c2ccc(F)cc2)c(-c2cc(Cl)cc(Cl)c2)n1/C=C/[C@@H](O)C[C@@H](O)CC(=O)[O-]. The van der Waals surface area contributed by atoms with Crippen LogP contribution in [0.3, 0.4) is 0 Å². The molecule has 0 radical (unpaired) electrons. The lowest BCUT2D eigenvalue weighted by atomic mass is 10.0. The number of imidazole rings is 1.